The zero-order valence-electron chi connectivity index (χ0n) is 14.2. The van der Waals surface area contributed by atoms with Gasteiger partial charge in [0, 0.05) is 12.5 Å². The first-order valence-corrected chi connectivity index (χ1v) is 8.88. The fourth-order valence-electron chi connectivity index (χ4n) is 2.61. The van der Waals surface area contributed by atoms with Crippen LogP contribution in [0.5, 0.6) is 0 Å². The van der Waals surface area contributed by atoms with Gasteiger partial charge in [0.15, 0.2) is 0 Å². The number of rotatable bonds is 3. The normalized spacial score (nSPS) is 12.2. The molecule has 0 unspecified atom stereocenters. The SMILES string of the molecule is Cc1ccc(Cc2nn3c(=O)c(=Cc4ccc(C)o4)sc3nc2=O)cc1. The largest absolute Gasteiger partial charge is 0.462 e. The number of thiazole rings is 1. The molecule has 0 aliphatic carbocycles. The molecule has 4 rings (SSSR count). The maximum absolute atomic E-state index is 12.6. The van der Waals surface area contributed by atoms with Crippen LogP contribution in [0.4, 0.5) is 0 Å². The quantitative estimate of drug-likeness (QED) is 0.554. The van der Waals surface area contributed by atoms with Crippen LogP contribution in [0, 0.1) is 13.8 Å². The summed E-state index contributed by atoms with van der Waals surface area (Å²) in [6.07, 6.45) is 1.97. The second-order valence-electron chi connectivity index (χ2n) is 6.08. The third kappa shape index (κ3) is 3.09. The van der Waals surface area contributed by atoms with Gasteiger partial charge >= 0.3 is 0 Å². The molecule has 6 nitrogen and oxygen atoms in total. The summed E-state index contributed by atoms with van der Waals surface area (Å²) in [5.41, 5.74) is 1.62. The van der Waals surface area contributed by atoms with E-state index in [-0.39, 0.29) is 16.2 Å². The maximum Gasteiger partial charge on any atom is 0.296 e. The first kappa shape index (κ1) is 16.4. The van der Waals surface area contributed by atoms with Crippen LogP contribution in [0.3, 0.4) is 0 Å². The fourth-order valence-corrected chi connectivity index (χ4v) is 3.50. The van der Waals surface area contributed by atoms with Gasteiger partial charge in [-0.1, -0.05) is 41.2 Å². The van der Waals surface area contributed by atoms with Gasteiger partial charge in [-0.3, -0.25) is 9.59 Å². The highest BCUT2D eigenvalue weighted by atomic mass is 32.1. The predicted octanol–water partition coefficient (Wildman–Crippen LogP) is 1.86. The minimum Gasteiger partial charge on any atom is -0.462 e. The van der Waals surface area contributed by atoms with E-state index in [9.17, 15) is 9.59 Å². The highest BCUT2D eigenvalue weighted by molar-refractivity contribution is 7.15. The van der Waals surface area contributed by atoms with Crippen molar-refractivity contribution in [1.29, 1.82) is 0 Å². The van der Waals surface area contributed by atoms with E-state index in [2.05, 4.69) is 10.1 Å². The van der Waals surface area contributed by atoms with Gasteiger partial charge in [0.25, 0.3) is 11.1 Å². The standard InChI is InChI=1S/C19H15N3O3S/c1-11-3-6-13(7-4-11)9-15-17(23)20-19-22(21-15)18(24)16(26-19)10-14-8-5-12(2)25-14/h3-8,10H,9H2,1-2H3. The van der Waals surface area contributed by atoms with Gasteiger partial charge in [-0.2, -0.15) is 14.6 Å². The summed E-state index contributed by atoms with van der Waals surface area (Å²) in [6.45, 7) is 3.83. The smallest absolute Gasteiger partial charge is 0.296 e. The summed E-state index contributed by atoms with van der Waals surface area (Å²) < 4.78 is 7.09. The third-order valence-electron chi connectivity index (χ3n) is 3.98. The van der Waals surface area contributed by atoms with Crippen LogP contribution in [-0.4, -0.2) is 14.6 Å². The van der Waals surface area contributed by atoms with Crippen LogP contribution in [0.25, 0.3) is 11.0 Å². The molecule has 0 spiro atoms. The van der Waals surface area contributed by atoms with Crippen LogP contribution in [0.2, 0.25) is 0 Å². The second-order valence-corrected chi connectivity index (χ2v) is 7.09. The summed E-state index contributed by atoms with van der Waals surface area (Å²) in [5, 5.41) is 4.25. The van der Waals surface area contributed by atoms with Gasteiger partial charge in [0.05, 0.1) is 0 Å². The lowest BCUT2D eigenvalue weighted by molar-refractivity contribution is 0.525. The Balaban J connectivity index is 1.80. The Kier molecular flexibility index (Phi) is 4.00. The van der Waals surface area contributed by atoms with Crippen molar-refractivity contribution < 1.29 is 4.42 Å². The van der Waals surface area contributed by atoms with E-state index in [1.807, 2.05) is 44.2 Å². The van der Waals surface area contributed by atoms with Crippen molar-refractivity contribution >= 4 is 22.4 Å². The molecule has 4 aromatic rings. The van der Waals surface area contributed by atoms with E-state index in [0.29, 0.717) is 16.7 Å². The third-order valence-corrected chi connectivity index (χ3v) is 4.94. The lowest BCUT2D eigenvalue weighted by Gasteiger charge is -2.01. The zero-order valence-corrected chi connectivity index (χ0v) is 15.0. The molecular weight excluding hydrogens is 350 g/mol. The Morgan fingerprint density at radius 2 is 1.88 bits per heavy atom. The van der Waals surface area contributed by atoms with Crippen LogP contribution in [0.1, 0.15) is 28.3 Å². The van der Waals surface area contributed by atoms with Gasteiger partial charge < -0.3 is 4.42 Å². The lowest BCUT2D eigenvalue weighted by atomic mass is 10.1. The van der Waals surface area contributed by atoms with E-state index in [1.165, 1.54) is 4.52 Å². The molecule has 0 amide bonds. The molecule has 0 N–H and O–H groups in total. The molecule has 0 saturated carbocycles. The second kappa shape index (κ2) is 6.34. The topological polar surface area (TPSA) is 77.5 Å². The van der Waals surface area contributed by atoms with E-state index < -0.39 is 5.56 Å². The highest BCUT2D eigenvalue weighted by Gasteiger charge is 2.12. The molecule has 130 valence electrons. The Labute approximate surface area is 152 Å². The summed E-state index contributed by atoms with van der Waals surface area (Å²) >= 11 is 1.12. The number of nitrogens with zero attached hydrogens (tertiary/aromatic N) is 3. The van der Waals surface area contributed by atoms with Gasteiger partial charge in [-0.05, 0) is 31.5 Å². The van der Waals surface area contributed by atoms with Gasteiger partial charge in [-0.25, -0.2) is 0 Å². The highest BCUT2D eigenvalue weighted by Crippen LogP contribution is 2.08. The van der Waals surface area contributed by atoms with E-state index >= 15 is 0 Å². The fraction of sp³-hybridized carbons (Fsp3) is 0.158. The molecule has 0 radical (unpaired) electrons. The molecule has 26 heavy (non-hydrogen) atoms. The Morgan fingerprint density at radius 1 is 1.12 bits per heavy atom. The van der Waals surface area contributed by atoms with Crippen molar-refractivity contribution in [2.45, 2.75) is 20.3 Å². The molecule has 0 bridgehead atoms. The Hall–Kier alpha value is -3.06. The zero-order chi connectivity index (χ0) is 18.3. The van der Waals surface area contributed by atoms with Crippen LogP contribution < -0.4 is 15.7 Å². The summed E-state index contributed by atoms with van der Waals surface area (Å²) in [5.74, 6) is 1.34. The van der Waals surface area contributed by atoms with E-state index in [0.717, 1.165) is 28.2 Å². The van der Waals surface area contributed by atoms with Gasteiger partial charge in [-0.15, -0.1) is 0 Å². The molecule has 0 aliphatic rings. The number of aryl methyl sites for hydroxylation is 2. The van der Waals surface area contributed by atoms with Gasteiger partial charge in [0.1, 0.15) is 21.7 Å². The summed E-state index contributed by atoms with van der Waals surface area (Å²) in [6, 6.07) is 11.4. The molecule has 1 aromatic carbocycles. The van der Waals surface area contributed by atoms with Crippen LogP contribution in [-0.2, 0) is 6.42 Å². The monoisotopic (exact) mass is 365 g/mol. The number of benzene rings is 1. The Bertz CT molecular complexity index is 1270. The van der Waals surface area contributed by atoms with Crippen molar-refractivity contribution in [2.24, 2.45) is 0 Å². The number of fused-ring (bicyclic) bond motifs is 1. The van der Waals surface area contributed by atoms with Crippen molar-refractivity contribution in [2.75, 3.05) is 0 Å². The van der Waals surface area contributed by atoms with E-state index in [4.69, 9.17) is 4.42 Å². The number of furan rings is 1. The average Bonchev–Trinajstić information content (AvgIpc) is 3.14. The minimum absolute atomic E-state index is 0.252. The molecule has 3 aromatic heterocycles. The summed E-state index contributed by atoms with van der Waals surface area (Å²) in [7, 11) is 0. The van der Waals surface area contributed by atoms with Crippen molar-refractivity contribution in [1.82, 2.24) is 14.6 Å². The molecule has 0 fully saturated rings. The predicted molar refractivity (Wildman–Crippen MR) is 99.6 cm³/mol. The van der Waals surface area contributed by atoms with Crippen molar-refractivity contribution in [3.8, 4) is 0 Å². The van der Waals surface area contributed by atoms with Crippen LogP contribution in [0.15, 0.2) is 50.4 Å². The molecule has 7 heteroatoms. The molecule has 3 heterocycles. The van der Waals surface area contributed by atoms with E-state index in [1.54, 1.807) is 12.1 Å². The van der Waals surface area contributed by atoms with Crippen LogP contribution >= 0.6 is 11.3 Å². The molecule has 0 saturated heterocycles. The lowest BCUT2D eigenvalue weighted by Crippen LogP contribution is -2.28. The number of hydrogen-bond acceptors (Lipinski definition) is 6. The first-order valence-electron chi connectivity index (χ1n) is 8.06. The average molecular weight is 365 g/mol. The molecule has 0 atom stereocenters. The first-order chi connectivity index (χ1) is 12.5. The molecular formula is C19H15N3O3S. The van der Waals surface area contributed by atoms with Crippen molar-refractivity contribution in [3.63, 3.8) is 0 Å². The number of hydrogen-bond donors (Lipinski definition) is 0. The summed E-state index contributed by atoms with van der Waals surface area (Å²) in [4.78, 5) is 29.2. The minimum atomic E-state index is -0.410. The maximum atomic E-state index is 12.6. The number of aromatic nitrogens is 3. The Morgan fingerprint density at radius 3 is 2.58 bits per heavy atom. The molecule has 0 aliphatic heterocycles. The van der Waals surface area contributed by atoms with Crippen molar-refractivity contribution in [3.05, 3.63) is 90.0 Å². The van der Waals surface area contributed by atoms with Gasteiger partial charge in [0.2, 0.25) is 4.96 Å².